The number of fused-ring (bicyclic) bond motifs is 11. The fourth-order valence-electron chi connectivity index (χ4n) is 9.25. The van der Waals surface area contributed by atoms with Crippen LogP contribution in [0.3, 0.4) is 0 Å². The predicted molar refractivity (Wildman–Crippen MR) is 195 cm³/mol. The summed E-state index contributed by atoms with van der Waals surface area (Å²) in [4.78, 5) is 0. The van der Waals surface area contributed by atoms with E-state index in [1.165, 1.54) is 8.96 Å². The van der Waals surface area contributed by atoms with Crippen LogP contribution in [0.15, 0.2) is 126 Å². The van der Waals surface area contributed by atoms with Crippen molar-refractivity contribution in [2.75, 3.05) is 0 Å². The highest BCUT2D eigenvalue weighted by molar-refractivity contribution is 6.59. The lowest BCUT2D eigenvalue weighted by Gasteiger charge is -2.37. The first-order valence-corrected chi connectivity index (χ1v) is 17.5. The molecule has 11 rings (SSSR count). The minimum absolute atomic E-state index is 0.304. The van der Waals surface area contributed by atoms with Crippen molar-refractivity contribution in [1.29, 1.82) is 0 Å². The van der Waals surface area contributed by atoms with Crippen LogP contribution in [0.4, 0.5) is 8.63 Å². The molecule has 4 nitrogen and oxygen atoms in total. The van der Waals surface area contributed by atoms with Crippen LogP contribution < -0.4 is 9.47 Å². The molecule has 0 saturated heterocycles. The van der Waals surface area contributed by atoms with Crippen LogP contribution in [-0.4, -0.2) is 33.9 Å². The van der Waals surface area contributed by atoms with E-state index in [0.29, 0.717) is 35.6 Å². The maximum atomic E-state index is 18.4. The number of ether oxygens (including phenoxy) is 2. The zero-order valence-corrected chi connectivity index (χ0v) is 27.2. The minimum atomic E-state index is -4.39. The van der Waals surface area contributed by atoms with Crippen LogP contribution in [0.5, 0.6) is 11.5 Å². The van der Waals surface area contributed by atoms with Crippen LogP contribution in [0.1, 0.15) is 52.9 Å². The van der Waals surface area contributed by atoms with Gasteiger partial charge >= 0.3 is 6.97 Å². The average molecular weight is 657 g/mol. The van der Waals surface area contributed by atoms with Gasteiger partial charge in [-0.25, -0.2) is 0 Å². The van der Waals surface area contributed by atoms with Crippen LogP contribution >= 0.6 is 0 Å². The molecule has 0 radical (unpaired) electrons. The molecule has 4 aliphatic heterocycles. The van der Waals surface area contributed by atoms with E-state index >= 15 is 8.63 Å². The summed E-state index contributed by atoms with van der Waals surface area (Å²) >= 11 is 0. The van der Waals surface area contributed by atoms with Crippen LogP contribution in [0.25, 0.3) is 40.5 Å². The summed E-state index contributed by atoms with van der Waals surface area (Å²) in [5.74, 6) is 1.60. The lowest BCUT2D eigenvalue weighted by molar-refractivity contribution is -0.359. The summed E-state index contributed by atoms with van der Waals surface area (Å²) in [6.07, 6.45) is 8.31. The highest BCUT2D eigenvalue weighted by atomic mass is 19.2. The Morgan fingerprint density at radius 2 is 1.22 bits per heavy atom. The maximum Gasteiger partial charge on any atom is 0.737 e. The van der Waals surface area contributed by atoms with Crippen LogP contribution in [-0.2, 0) is 6.42 Å². The third-order valence-electron chi connectivity index (χ3n) is 11.3. The van der Waals surface area contributed by atoms with Crippen molar-refractivity contribution in [2.45, 2.75) is 37.9 Å². The van der Waals surface area contributed by atoms with Crippen LogP contribution in [0, 0.1) is 0 Å². The Balaban J connectivity index is 1.24. The second-order valence-electron chi connectivity index (χ2n) is 13.9. The summed E-state index contributed by atoms with van der Waals surface area (Å²) in [6.45, 7) is -4.39. The maximum absolute atomic E-state index is 18.4. The van der Waals surface area contributed by atoms with E-state index in [4.69, 9.17) is 9.47 Å². The molecule has 2 unspecified atom stereocenters. The van der Waals surface area contributed by atoms with Gasteiger partial charge in [0.05, 0.1) is 11.1 Å². The number of hydrogen-bond acceptors (Lipinski definition) is 2. The number of hydrogen-bond donors (Lipinski definition) is 0. The standard InChI is InChI=1S/C43H31BF2N2O2/c45-44(46)47-34(40(26-11-3-1-4-12-26)30-19-21-38-32(42(30)47)23-28-15-7-9-17-36(28)49-38)25-35-41(27-13-5-2-6-14-27)31-20-22-39-33(43(31)48(35)44)24-29-16-8-10-18-37(29)50-39/h1-18,23-25,38-39H,19-22H2. The number of para-hydroxylation sites is 2. The zero-order chi connectivity index (χ0) is 33.1. The third-order valence-corrected chi connectivity index (χ3v) is 11.3. The Hall–Kier alpha value is -5.69. The van der Waals surface area contributed by atoms with E-state index in [2.05, 4.69) is 12.2 Å². The van der Waals surface area contributed by atoms with Gasteiger partial charge in [-0.3, -0.25) is 0 Å². The Kier molecular flexibility index (Phi) is 5.73. The molecular weight excluding hydrogens is 625 g/mol. The molecule has 6 aliphatic rings. The summed E-state index contributed by atoms with van der Waals surface area (Å²) in [5, 5.41) is 0. The second kappa shape index (κ2) is 10.2. The molecule has 1 fully saturated rings. The topological polar surface area (TPSA) is 26.4 Å². The van der Waals surface area contributed by atoms with Gasteiger partial charge in [0.1, 0.15) is 23.7 Å². The van der Waals surface area contributed by atoms with Crippen molar-refractivity contribution in [3.63, 3.8) is 0 Å². The lowest BCUT2D eigenvalue weighted by atomic mass is 9.80. The number of allylic oxidation sites excluding steroid dienone is 2. The van der Waals surface area contributed by atoms with Gasteiger partial charge in [0.15, 0.2) is 11.4 Å². The van der Waals surface area contributed by atoms with E-state index in [9.17, 15) is 0 Å². The average Bonchev–Trinajstić information content (AvgIpc) is 3.68. The molecule has 0 amide bonds. The van der Waals surface area contributed by atoms with Gasteiger partial charge in [0, 0.05) is 45.3 Å². The van der Waals surface area contributed by atoms with Gasteiger partial charge < -0.3 is 27.1 Å². The Bertz CT molecular complexity index is 2470. The largest absolute Gasteiger partial charge is 0.737 e. The molecule has 1 aromatic heterocycles. The van der Waals surface area contributed by atoms with E-state index in [1.807, 2.05) is 115 Å². The van der Waals surface area contributed by atoms with E-state index in [-0.39, 0.29) is 12.2 Å². The van der Waals surface area contributed by atoms with Crippen molar-refractivity contribution in [3.05, 3.63) is 160 Å². The fourth-order valence-corrected chi connectivity index (χ4v) is 9.25. The molecule has 2 aliphatic carbocycles. The molecule has 0 spiro atoms. The first-order chi connectivity index (χ1) is 24.6. The first kappa shape index (κ1) is 28.2. The Labute approximate surface area is 288 Å². The highest BCUT2D eigenvalue weighted by Crippen LogP contribution is 2.53. The fraction of sp³-hybridized carbons (Fsp3) is 0.140. The molecule has 5 aromatic rings. The number of rotatable bonds is 2. The zero-order valence-electron chi connectivity index (χ0n) is 27.2. The molecule has 0 N–H and O–H groups in total. The third kappa shape index (κ3) is 3.78. The van der Waals surface area contributed by atoms with Crippen LogP contribution in [0.2, 0.25) is 0 Å². The first-order valence-electron chi connectivity index (χ1n) is 17.5. The van der Waals surface area contributed by atoms with Gasteiger partial charge in [-0.1, -0.05) is 97.1 Å². The second-order valence-corrected chi connectivity index (χ2v) is 13.9. The summed E-state index contributed by atoms with van der Waals surface area (Å²) in [5.41, 5.74) is 11.4. The smallest absolute Gasteiger partial charge is 0.485 e. The summed E-state index contributed by atoms with van der Waals surface area (Å²) in [7, 11) is 0. The van der Waals surface area contributed by atoms with Gasteiger partial charge in [0.25, 0.3) is 0 Å². The molecular formula is C43H31BF2N2O2. The van der Waals surface area contributed by atoms with E-state index in [0.717, 1.165) is 80.0 Å². The molecule has 0 bridgehead atoms. The highest BCUT2D eigenvalue weighted by Gasteiger charge is 2.59. The molecule has 50 heavy (non-hydrogen) atoms. The molecule has 2 atom stereocenters. The van der Waals surface area contributed by atoms with Gasteiger partial charge in [-0.05, 0) is 66.7 Å². The number of aromatic nitrogens is 1. The van der Waals surface area contributed by atoms with Crippen molar-refractivity contribution in [1.82, 2.24) is 4.48 Å². The lowest BCUT2D eigenvalue weighted by Crippen LogP contribution is -2.53. The van der Waals surface area contributed by atoms with Crippen molar-refractivity contribution >= 4 is 42.1 Å². The van der Waals surface area contributed by atoms with Gasteiger partial charge in [-0.2, -0.15) is 0 Å². The van der Waals surface area contributed by atoms with Crippen molar-refractivity contribution < 1.29 is 22.6 Å². The number of benzene rings is 4. The Morgan fingerprint density at radius 3 is 1.92 bits per heavy atom. The molecule has 7 heteroatoms. The predicted octanol–water partition coefficient (Wildman–Crippen LogP) is 9.54. The minimum Gasteiger partial charge on any atom is -0.485 e. The molecule has 242 valence electrons. The van der Waals surface area contributed by atoms with Crippen molar-refractivity contribution in [2.24, 2.45) is 0 Å². The normalized spacial score (nSPS) is 21.8. The van der Waals surface area contributed by atoms with E-state index in [1.54, 1.807) is 0 Å². The molecule has 5 heterocycles. The quantitative estimate of drug-likeness (QED) is 0.177. The SMILES string of the molecule is F[B-]1(F)n2c(c(-c3ccccc3)c3c2C2=Cc4ccccc4OC2CC3)C=C2C(c3ccccc3)=C3CCC4Oc5ccccc5C=C4C3=[N+]21. The summed E-state index contributed by atoms with van der Waals surface area (Å²) in [6, 6.07) is 35.9. The molecule has 4 aromatic carbocycles. The van der Waals surface area contributed by atoms with Gasteiger partial charge in [-0.15, -0.1) is 0 Å². The Morgan fingerprint density at radius 1 is 0.640 bits per heavy atom. The summed E-state index contributed by atoms with van der Waals surface area (Å²) < 4.78 is 52.6. The molecule has 1 saturated carbocycles. The van der Waals surface area contributed by atoms with Gasteiger partial charge in [0.2, 0.25) is 0 Å². The monoisotopic (exact) mass is 656 g/mol. The van der Waals surface area contributed by atoms with E-state index < -0.39 is 6.97 Å². The number of nitrogens with zero attached hydrogens (tertiary/aromatic N) is 2. The number of halogens is 2. The van der Waals surface area contributed by atoms with Crippen molar-refractivity contribution in [3.8, 4) is 22.6 Å².